The first-order valence-corrected chi connectivity index (χ1v) is 8.78. The van der Waals surface area contributed by atoms with Gasteiger partial charge in [0, 0.05) is 18.0 Å². The van der Waals surface area contributed by atoms with Crippen LogP contribution in [0.2, 0.25) is 5.02 Å². The molecule has 1 fully saturated rings. The molecular formula is C20H24ClNO. The molecule has 3 heteroatoms. The lowest BCUT2D eigenvalue weighted by Crippen LogP contribution is -2.44. The summed E-state index contributed by atoms with van der Waals surface area (Å²) in [5.74, 6) is 0. The van der Waals surface area contributed by atoms with E-state index in [2.05, 4.69) is 4.90 Å². The third kappa shape index (κ3) is 4.35. The first kappa shape index (κ1) is 16.5. The van der Waals surface area contributed by atoms with Gasteiger partial charge < -0.3 is 10.0 Å². The average molecular weight is 330 g/mol. The Labute approximate surface area is 143 Å². The SMILES string of the molecule is O[C@](Cc1ccc(Cl)cc1)(CN1CCCCC1)c1ccccc1. The van der Waals surface area contributed by atoms with Crippen molar-refractivity contribution in [1.29, 1.82) is 0 Å². The van der Waals surface area contributed by atoms with Gasteiger partial charge in [-0.3, -0.25) is 0 Å². The lowest BCUT2D eigenvalue weighted by Gasteiger charge is -2.36. The second kappa shape index (κ2) is 7.48. The van der Waals surface area contributed by atoms with E-state index in [-0.39, 0.29) is 0 Å². The Morgan fingerprint density at radius 2 is 1.57 bits per heavy atom. The van der Waals surface area contributed by atoms with Gasteiger partial charge in [-0.05, 0) is 49.2 Å². The molecule has 2 nitrogen and oxygen atoms in total. The Kier molecular flexibility index (Phi) is 5.37. The monoisotopic (exact) mass is 329 g/mol. The highest BCUT2D eigenvalue weighted by Crippen LogP contribution is 2.28. The van der Waals surface area contributed by atoms with Crippen molar-refractivity contribution in [3.8, 4) is 0 Å². The molecule has 1 N–H and O–H groups in total. The van der Waals surface area contributed by atoms with E-state index in [0.29, 0.717) is 13.0 Å². The number of halogens is 1. The van der Waals surface area contributed by atoms with Gasteiger partial charge in [-0.1, -0.05) is 60.5 Å². The number of aliphatic hydroxyl groups is 1. The summed E-state index contributed by atoms with van der Waals surface area (Å²) in [4.78, 5) is 2.40. The maximum absolute atomic E-state index is 11.5. The van der Waals surface area contributed by atoms with Crippen molar-refractivity contribution in [2.75, 3.05) is 19.6 Å². The van der Waals surface area contributed by atoms with Crippen LogP contribution in [0.1, 0.15) is 30.4 Å². The molecule has 1 aliphatic rings. The van der Waals surface area contributed by atoms with Crippen LogP contribution in [0.4, 0.5) is 0 Å². The van der Waals surface area contributed by atoms with Crippen molar-refractivity contribution in [3.05, 3.63) is 70.7 Å². The molecule has 1 aliphatic heterocycles. The van der Waals surface area contributed by atoms with Gasteiger partial charge >= 0.3 is 0 Å². The van der Waals surface area contributed by atoms with Crippen LogP contribution in [0.15, 0.2) is 54.6 Å². The zero-order chi connectivity index (χ0) is 16.1. The van der Waals surface area contributed by atoms with Crippen LogP contribution in [0.3, 0.4) is 0 Å². The molecule has 0 radical (unpaired) electrons. The standard InChI is InChI=1S/C20H24ClNO/c21-19-11-9-17(10-12-19)15-20(23,18-7-3-1-4-8-18)16-22-13-5-2-6-14-22/h1,3-4,7-12,23H,2,5-6,13-16H2/t20-/m1/s1. The highest BCUT2D eigenvalue weighted by atomic mass is 35.5. The number of hydrogen-bond donors (Lipinski definition) is 1. The zero-order valence-electron chi connectivity index (χ0n) is 13.4. The van der Waals surface area contributed by atoms with Crippen LogP contribution in [0.5, 0.6) is 0 Å². The van der Waals surface area contributed by atoms with Crippen LogP contribution in [-0.2, 0) is 12.0 Å². The first-order valence-electron chi connectivity index (χ1n) is 8.40. The minimum Gasteiger partial charge on any atom is -0.383 e. The molecule has 2 aromatic rings. The Morgan fingerprint density at radius 1 is 0.913 bits per heavy atom. The van der Waals surface area contributed by atoms with Crippen LogP contribution >= 0.6 is 11.6 Å². The first-order chi connectivity index (χ1) is 11.2. The molecule has 3 rings (SSSR count). The largest absolute Gasteiger partial charge is 0.383 e. The lowest BCUT2D eigenvalue weighted by atomic mass is 9.86. The van der Waals surface area contributed by atoms with Crippen molar-refractivity contribution in [2.24, 2.45) is 0 Å². The van der Waals surface area contributed by atoms with Crippen molar-refractivity contribution in [3.63, 3.8) is 0 Å². The van der Waals surface area contributed by atoms with Gasteiger partial charge in [0.1, 0.15) is 5.60 Å². The summed E-state index contributed by atoms with van der Waals surface area (Å²) in [5.41, 5.74) is 1.23. The van der Waals surface area contributed by atoms with Gasteiger partial charge in [0.25, 0.3) is 0 Å². The number of piperidine rings is 1. The molecule has 122 valence electrons. The number of rotatable bonds is 5. The lowest BCUT2D eigenvalue weighted by molar-refractivity contribution is -0.00568. The van der Waals surface area contributed by atoms with Gasteiger partial charge in [0.05, 0.1) is 0 Å². The fourth-order valence-corrected chi connectivity index (χ4v) is 3.55. The van der Waals surface area contributed by atoms with Crippen molar-refractivity contribution in [2.45, 2.75) is 31.3 Å². The quantitative estimate of drug-likeness (QED) is 0.886. The molecule has 1 atom stereocenters. The number of β-amino-alcohol motifs (C(OH)–C–C–N with tert-alkyl or cyclic N) is 1. The van der Waals surface area contributed by atoms with Gasteiger partial charge in [0.2, 0.25) is 0 Å². The molecule has 0 amide bonds. The van der Waals surface area contributed by atoms with E-state index in [1.54, 1.807) is 0 Å². The van der Waals surface area contributed by atoms with Crippen LogP contribution in [-0.4, -0.2) is 29.6 Å². The Hall–Kier alpha value is -1.35. The predicted octanol–water partition coefficient (Wildman–Crippen LogP) is 4.26. The Bertz CT molecular complexity index is 607. The van der Waals surface area contributed by atoms with Crippen LogP contribution in [0, 0.1) is 0 Å². The van der Waals surface area contributed by atoms with Gasteiger partial charge in [0.15, 0.2) is 0 Å². The third-order valence-corrected chi connectivity index (χ3v) is 4.91. The van der Waals surface area contributed by atoms with Gasteiger partial charge in [-0.25, -0.2) is 0 Å². The molecular weight excluding hydrogens is 306 g/mol. The fraction of sp³-hybridized carbons (Fsp3) is 0.400. The maximum atomic E-state index is 11.5. The summed E-state index contributed by atoms with van der Waals surface area (Å²) in [7, 11) is 0. The van der Waals surface area contributed by atoms with Gasteiger partial charge in [-0.15, -0.1) is 0 Å². The second-order valence-corrected chi connectivity index (χ2v) is 6.97. The summed E-state index contributed by atoms with van der Waals surface area (Å²) < 4.78 is 0. The highest BCUT2D eigenvalue weighted by molar-refractivity contribution is 6.30. The van der Waals surface area contributed by atoms with E-state index in [1.165, 1.54) is 19.3 Å². The summed E-state index contributed by atoms with van der Waals surface area (Å²) >= 11 is 5.98. The van der Waals surface area contributed by atoms with Crippen molar-refractivity contribution < 1.29 is 5.11 Å². The zero-order valence-corrected chi connectivity index (χ0v) is 14.2. The van der Waals surface area contributed by atoms with E-state index >= 15 is 0 Å². The van der Waals surface area contributed by atoms with Crippen LogP contribution in [0.25, 0.3) is 0 Å². The predicted molar refractivity (Wildman–Crippen MR) is 95.8 cm³/mol. The normalized spacial score (nSPS) is 18.5. The summed E-state index contributed by atoms with van der Waals surface area (Å²) in [5, 5.41) is 12.2. The van der Waals surface area contributed by atoms with E-state index in [0.717, 1.165) is 29.2 Å². The molecule has 0 aliphatic carbocycles. The van der Waals surface area contributed by atoms with E-state index < -0.39 is 5.60 Å². The van der Waals surface area contributed by atoms with E-state index in [9.17, 15) is 5.11 Å². The summed E-state index contributed by atoms with van der Waals surface area (Å²) in [6.45, 7) is 2.84. The molecule has 0 unspecified atom stereocenters. The number of benzene rings is 2. The molecule has 0 spiro atoms. The van der Waals surface area contributed by atoms with Crippen molar-refractivity contribution >= 4 is 11.6 Å². The topological polar surface area (TPSA) is 23.5 Å². The minimum absolute atomic E-state index is 0.602. The summed E-state index contributed by atoms with van der Waals surface area (Å²) in [6.07, 6.45) is 4.36. The van der Waals surface area contributed by atoms with Crippen LogP contribution < -0.4 is 0 Å². The van der Waals surface area contributed by atoms with Crippen molar-refractivity contribution in [1.82, 2.24) is 4.90 Å². The number of likely N-dealkylation sites (tertiary alicyclic amines) is 1. The molecule has 2 aromatic carbocycles. The Morgan fingerprint density at radius 3 is 2.22 bits per heavy atom. The van der Waals surface area contributed by atoms with Gasteiger partial charge in [-0.2, -0.15) is 0 Å². The average Bonchev–Trinajstić information content (AvgIpc) is 2.59. The molecule has 0 saturated carbocycles. The van der Waals surface area contributed by atoms with E-state index in [4.69, 9.17) is 11.6 Å². The van der Waals surface area contributed by atoms with E-state index in [1.807, 2.05) is 54.6 Å². The second-order valence-electron chi connectivity index (χ2n) is 6.54. The molecule has 0 aromatic heterocycles. The number of hydrogen-bond acceptors (Lipinski definition) is 2. The molecule has 1 heterocycles. The Balaban J connectivity index is 1.84. The molecule has 23 heavy (non-hydrogen) atoms. The minimum atomic E-state index is -0.869. The molecule has 0 bridgehead atoms. The number of nitrogens with zero attached hydrogens (tertiary/aromatic N) is 1. The highest BCUT2D eigenvalue weighted by Gasteiger charge is 2.32. The summed E-state index contributed by atoms with van der Waals surface area (Å²) in [6, 6.07) is 17.8. The fourth-order valence-electron chi connectivity index (χ4n) is 3.43. The maximum Gasteiger partial charge on any atom is 0.106 e. The molecule has 1 saturated heterocycles. The third-order valence-electron chi connectivity index (χ3n) is 4.65. The smallest absolute Gasteiger partial charge is 0.106 e.